The summed E-state index contributed by atoms with van der Waals surface area (Å²) in [6.45, 7) is 2.70. The minimum Gasteiger partial charge on any atom is -0.472 e. The Bertz CT molecular complexity index is 604. The Morgan fingerprint density at radius 1 is 1.23 bits per heavy atom. The molecule has 1 aliphatic heterocycles. The summed E-state index contributed by atoms with van der Waals surface area (Å²) in [6, 6.07) is 9.72. The van der Waals surface area contributed by atoms with Gasteiger partial charge in [-0.05, 0) is 49.7 Å². The van der Waals surface area contributed by atoms with Crippen molar-refractivity contribution in [1.29, 1.82) is 0 Å². The first-order valence-corrected chi connectivity index (χ1v) is 7.92. The van der Waals surface area contributed by atoms with E-state index in [0.29, 0.717) is 12.1 Å². The second kappa shape index (κ2) is 6.99. The van der Waals surface area contributed by atoms with Crippen molar-refractivity contribution in [3.63, 3.8) is 0 Å². The summed E-state index contributed by atoms with van der Waals surface area (Å²) < 4.78 is 4.95. The molecule has 1 aromatic carbocycles. The number of hydrogen-bond acceptors (Lipinski definition) is 3. The number of furan rings is 1. The molecule has 1 saturated heterocycles. The molecule has 1 fully saturated rings. The van der Waals surface area contributed by atoms with Gasteiger partial charge in [-0.25, -0.2) is 0 Å². The van der Waals surface area contributed by atoms with Crippen molar-refractivity contribution >= 4 is 17.5 Å². The lowest BCUT2D eigenvalue weighted by atomic mass is 10.1. The zero-order valence-electron chi connectivity index (χ0n) is 12.3. The summed E-state index contributed by atoms with van der Waals surface area (Å²) in [4.78, 5) is 14.5. The molecule has 5 heteroatoms. The lowest BCUT2D eigenvalue weighted by Crippen LogP contribution is -2.36. The highest BCUT2D eigenvalue weighted by Gasteiger charge is 2.24. The first kappa shape index (κ1) is 15.1. The minimum atomic E-state index is -0.105. The molecule has 0 aliphatic carbocycles. The van der Waals surface area contributed by atoms with Gasteiger partial charge >= 0.3 is 0 Å². The minimum absolute atomic E-state index is 0.105. The highest BCUT2D eigenvalue weighted by molar-refractivity contribution is 6.30. The SMILES string of the molecule is O=C(NCC(c1ccc(Cl)cc1)N1CCCC1)c1ccoc1. The zero-order chi connectivity index (χ0) is 15.4. The number of carbonyl (C=O) groups is 1. The van der Waals surface area contributed by atoms with Crippen molar-refractivity contribution in [1.82, 2.24) is 10.2 Å². The molecule has 0 bridgehead atoms. The van der Waals surface area contributed by atoms with Gasteiger partial charge in [-0.3, -0.25) is 9.69 Å². The quantitative estimate of drug-likeness (QED) is 0.917. The van der Waals surface area contributed by atoms with Gasteiger partial charge in [0.15, 0.2) is 0 Å². The standard InChI is InChI=1S/C17H19ClN2O2/c18-15-5-3-13(4-6-15)16(20-8-1-2-9-20)11-19-17(21)14-7-10-22-12-14/h3-7,10,12,16H,1-2,8-9,11H2,(H,19,21). The molecule has 0 saturated carbocycles. The number of nitrogens with one attached hydrogen (secondary N) is 1. The summed E-state index contributed by atoms with van der Waals surface area (Å²) >= 11 is 5.98. The van der Waals surface area contributed by atoms with Crippen molar-refractivity contribution in [2.75, 3.05) is 19.6 Å². The van der Waals surface area contributed by atoms with Crippen LogP contribution in [0.2, 0.25) is 5.02 Å². The van der Waals surface area contributed by atoms with Gasteiger partial charge in [-0.15, -0.1) is 0 Å². The predicted molar refractivity (Wildman–Crippen MR) is 86.0 cm³/mol. The van der Waals surface area contributed by atoms with E-state index in [-0.39, 0.29) is 11.9 Å². The summed E-state index contributed by atoms with van der Waals surface area (Å²) in [6.07, 6.45) is 5.38. The molecule has 2 heterocycles. The average molecular weight is 319 g/mol. The molecular weight excluding hydrogens is 300 g/mol. The van der Waals surface area contributed by atoms with E-state index in [1.165, 1.54) is 30.9 Å². The van der Waals surface area contributed by atoms with Crippen LogP contribution in [0.15, 0.2) is 47.3 Å². The van der Waals surface area contributed by atoms with Crippen molar-refractivity contribution < 1.29 is 9.21 Å². The molecule has 1 atom stereocenters. The fraction of sp³-hybridized carbons (Fsp3) is 0.353. The Labute approximate surface area is 135 Å². The highest BCUT2D eigenvalue weighted by Crippen LogP contribution is 2.25. The Kier molecular flexibility index (Phi) is 4.80. The van der Waals surface area contributed by atoms with Crippen LogP contribution in [-0.2, 0) is 0 Å². The van der Waals surface area contributed by atoms with E-state index >= 15 is 0 Å². The summed E-state index contributed by atoms with van der Waals surface area (Å²) in [5, 5.41) is 3.73. The van der Waals surface area contributed by atoms with Gasteiger partial charge in [0.05, 0.1) is 17.9 Å². The van der Waals surface area contributed by atoms with Crippen molar-refractivity contribution in [3.05, 3.63) is 59.0 Å². The molecule has 1 unspecified atom stereocenters. The lowest BCUT2D eigenvalue weighted by molar-refractivity contribution is 0.0937. The smallest absolute Gasteiger partial charge is 0.254 e. The largest absolute Gasteiger partial charge is 0.472 e. The maximum atomic E-state index is 12.1. The van der Waals surface area contributed by atoms with Crippen molar-refractivity contribution in [2.45, 2.75) is 18.9 Å². The van der Waals surface area contributed by atoms with Crippen LogP contribution in [0.1, 0.15) is 34.8 Å². The fourth-order valence-corrected chi connectivity index (χ4v) is 3.01. The second-order valence-corrected chi connectivity index (χ2v) is 5.97. The molecule has 3 rings (SSSR count). The van der Waals surface area contributed by atoms with Gasteiger partial charge in [0, 0.05) is 11.6 Å². The normalized spacial score (nSPS) is 16.6. The van der Waals surface area contributed by atoms with Crippen LogP contribution < -0.4 is 5.32 Å². The number of benzene rings is 1. The van der Waals surface area contributed by atoms with Crippen LogP contribution in [-0.4, -0.2) is 30.4 Å². The molecule has 22 heavy (non-hydrogen) atoms. The average Bonchev–Trinajstić information content (AvgIpc) is 3.22. The number of halogens is 1. The van der Waals surface area contributed by atoms with E-state index in [2.05, 4.69) is 10.2 Å². The Morgan fingerprint density at radius 2 is 1.95 bits per heavy atom. The molecule has 116 valence electrons. The molecule has 2 aromatic rings. The molecule has 1 amide bonds. The van der Waals surface area contributed by atoms with Gasteiger partial charge in [-0.1, -0.05) is 23.7 Å². The first-order valence-electron chi connectivity index (χ1n) is 7.54. The third-order valence-electron chi connectivity index (χ3n) is 4.08. The number of amides is 1. The maximum absolute atomic E-state index is 12.1. The number of nitrogens with zero attached hydrogens (tertiary/aromatic N) is 1. The van der Waals surface area contributed by atoms with Crippen molar-refractivity contribution in [2.24, 2.45) is 0 Å². The molecule has 4 nitrogen and oxygen atoms in total. The molecular formula is C17H19ClN2O2. The highest BCUT2D eigenvalue weighted by atomic mass is 35.5. The van der Waals surface area contributed by atoms with Crippen LogP contribution in [0.4, 0.5) is 0 Å². The van der Waals surface area contributed by atoms with Gasteiger partial charge in [0.2, 0.25) is 0 Å². The zero-order valence-corrected chi connectivity index (χ0v) is 13.1. The molecule has 1 N–H and O–H groups in total. The monoisotopic (exact) mass is 318 g/mol. The second-order valence-electron chi connectivity index (χ2n) is 5.53. The third-order valence-corrected chi connectivity index (χ3v) is 4.33. The maximum Gasteiger partial charge on any atom is 0.254 e. The van der Waals surface area contributed by atoms with E-state index < -0.39 is 0 Å². The van der Waals surface area contributed by atoms with E-state index in [1.807, 2.05) is 24.3 Å². The number of rotatable bonds is 5. The summed E-state index contributed by atoms with van der Waals surface area (Å²) in [5.74, 6) is -0.105. The third kappa shape index (κ3) is 3.51. The Balaban J connectivity index is 1.71. The van der Waals surface area contributed by atoms with Crippen LogP contribution >= 0.6 is 11.6 Å². The predicted octanol–water partition coefficient (Wildman–Crippen LogP) is 3.50. The van der Waals surface area contributed by atoms with E-state index in [9.17, 15) is 4.79 Å². The molecule has 0 spiro atoms. The molecule has 0 radical (unpaired) electrons. The van der Waals surface area contributed by atoms with E-state index in [0.717, 1.165) is 18.1 Å². The Hall–Kier alpha value is -1.78. The van der Waals surface area contributed by atoms with Crippen LogP contribution in [0.5, 0.6) is 0 Å². The number of likely N-dealkylation sites (tertiary alicyclic amines) is 1. The first-order chi connectivity index (χ1) is 10.7. The lowest BCUT2D eigenvalue weighted by Gasteiger charge is -2.28. The van der Waals surface area contributed by atoms with Crippen LogP contribution in [0.3, 0.4) is 0 Å². The van der Waals surface area contributed by atoms with Gasteiger partial charge in [0.1, 0.15) is 6.26 Å². The van der Waals surface area contributed by atoms with Gasteiger partial charge in [0.25, 0.3) is 5.91 Å². The topological polar surface area (TPSA) is 45.5 Å². The van der Waals surface area contributed by atoms with Crippen LogP contribution in [0.25, 0.3) is 0 Å². The van der Waals surface area contributed by atoms with Gasteiger partial charge < -0.3 is 9.73 Å². The number of carbonyl (C=O) groups excluding carboxylic acids is 1. The summed E-state index contributed by atoms with van der Waals surface area (Å²) in [7, 11) is 0. The fourth-order valence-electron chi connectivity index (χ4n) is 2.88. The summed E-state index contributed by atoms with van der Waals surface area (Å²) in [5.41, 5.74) is 1.73. The van der Waals surface area contributed by atoms with E-state index in [1.54, 1.807) is 6.07 Å². The van der Waals surface area contributed by atoms with Crippen LogP contribution in [0, 0.1) is 0 Å². The Morgan fingerprint density at radius 3 is 2.59 bits per heavy atom. The molecule has 1 aliphatic rings. The molecule has 1 aromatic heterocycles. The van der Waals surface area contributed by atoms with E-state index in [4.69, 9.17) is 16.0 Å². The van der Waals surface area contributed by atoms with Crippen molar-refractivity contribution in [3.8, 4) is 0 Å². The number of hydrogen-bond donors (Lipinski definition) is 1. The van der Waals surface area contributed by atoms with Gasteiger partial charge in [-0.2, -0.15) is 0 Å².